The lowest BCUT2D eigenvalue weighted by Crippen LogP contribution is -2.31. The van der Waals surface area contributed by atoms with Gasteiger partial charge in [0.15, 0.2) is 0 Å². The SMILES string of the molecule is Cc1cccc(C(=O)NCC2CCCC2CCl)c1I. The highest BCUT2D eigenvalue weighted by Crippen LogP contribution is 2.32. The van der Waals surface area contributed by atoms with E-state index < -0.39 is 0 Å². The predicted molar refractivity (Wildman–Crippen MR) is 87.8 cm³/mol. The Morgan fingerprint density at radius 2 is 2.16 bits per heavy atom. The standard InChI is InChI=1S/C15H19ClINO/c1-10-4-2-7-13(14(10)17)15(19)18-9-12-6-3-5-11(12)8-16/h2,4,7,11-12H,3,5-6,8-9H2,1H3,(H,18,19). The molecule has 2 rings (SSSR count). The van der Waals surface area contributed by atoms with Crippen molar-refractivity contribution >= 4 is 40.1 Å². The van der Waals surface area contributed by atoms with Gasteiger partial charge in [-0.2, -0.15) is 0 Å². The maximum absolute atomic E-state index is 12.2. The lowest BCUT2D eigenvalue weighted by molar-refractivity contribution is 0.0943. The topological polar surface area (TPSA) is 29.1 Å². The monoisotopic (exact) mass is 391 g/mol. The van der Waals surface area contributed by atoms with E-state index in [1.54, 1.807) is 0 Å². The Morgan fingerprint density at radius 3 is 2.89 bits per heavy atom. The van der Waals surface area contributed by atoms with E-state index in [0.717, 1.165) is 21.2 Å². The van der Waals surface area contributed by atoms with Gasteiger partial charge >= 0.3 is 0 Å². The zero-order valence-corrected chi connectivity index (χ0v) is 14.0. The number of benzene rings is 1. The maximum atomic E-state index is 12.2. The molecule has 0 heterocycles. The van der Waals surface area contributed by atoms with Gasteiger partial charge in [-0.1, -0.05) is 18.6 Å². The molecular weight excluding hydrogens is 373 g/mol. The van der Waals surface area contributed by atoms with E-state index in [4.69, 9.17) is 11.6 Å². The second-order valence-corrected chi connectivity index (χ2v) is 6.64. The van der Waals surface area contributed by atoms with Crippen molar-refractivity contribution in [2.24, 2.45) is 11.8 Å². The Morgan fingerprint density at radius 1 is 1.42 bits per heavy atom. The number of carbonyl (C=O) groups is 1. The minimum absolute atomic E-state index is 0.0355. The highest BCUT2D eigenvalue weighted by molar-refractivity contribution is 14.1. The number of halogens is 2. The summed E-state index contributed by atoms with van der Waals surface area (Å²) in [6.45, 7) is 2.78. The molecular formula is C15H19ClINO. The summed E-state index contributed by atoms with van der Waals surface area (Å²) >= 11 is 8.20. The Hall–Kier alpha value is -0.290. The Bertz CT molecular complexity index is 463. The van der Waals surface area contributed by atoms with Crippen LogP contribution in [0.15, 0.2) is 18.2 Å². The van der Waals surface area contributed by atoms with Gasteiger partial charge in [-0.25, -0.2) is 0 Å². The van der Waals surface area contributed by atoms with E-state index in [1.165, 1.54) is 19.3 Å². The first kappa shape index (κ1) is 15.1. The van der Waals surface area contributed by atoms with Gasteiger partial charge in [-0.15, -0.1) is 11.6 Å². The average molecular weight is 392 g/mol. The molecule has 1 amide bonds. The molecule has 2 atom stereocenters. The summed E-state index contributed by atoms with van der Waals surface area (Å²) in [4.78, 5) is 12.2. The summed E-state index contributed by atoms with van der Waals surface area (Å²) in [5, 5.41) is 3.07. The molecule has 0 aliphatic heterocycles. The van der Waals surface area contributed by atoms with Crippen LogP contribution in [0.2, 0.25) is 0 Å². The summed E-state index contributed by atoms with van der Waals surface area (Å²) < 4.78 is 1.04. The van der Waals surface area contributed by atoms with Gasteiger partial charge in [-0.05, 0) is 65.8 Å². The Kier molecular flexibility index (Phi) is 5.51. The summed E-state index contributed by atoms with van der Waals surface area (Å²) in [6, 6.07) is 5.85. The van der Waals surface area contributed by atoms with Crippen molar-refractivity contribution in [3.63, 3.8) is 0 Å². The van der Waals surface area contributed by atoms with Crippen LogP contribution in [0.1, 0.15) is 35.2 Å². The minimum Gasteiger partial charge on any atom is -0.352 e. The molecule has 1 saturated carbocycles. The Labute approximate surface area is 133 Å². The van der Waals surface area contributed by atoms with Gasteiger partial charge in [0.05, 0.1) is 5.56 Å². The molecule has 2 unspecified atom stereocenters. The molecule has 1 aromatic rings. The second kappa shape index (κ2) is 6.93. The van der Waals surface area contributed by atoms with Crippen LogP contribution in [-0.4, -0.2) is 18.3 Å². The van der Waals surface area contributed by atoms with Gasteiger partial charge < -0.3 is 5.32 Å². The van der Waals surface area contributed by atoms with Gasteiger partial charge in [0.2, 0.25) is 0 Å². The molecule has 104 valence electrons. The van der Waals surface area contributed by atoms with Gasteiger partial charge in [0, 0.05) is 16.0 Å². The zero-order chi connectivity index (χ0) is 13.8. The molecule has 1 aliphatic carbocycles. The third-order valence-electron chi connectivity index (χ3n) is 3.98. The smallest absolute Gasteiger partial charge is 0.252 e. The van der Waals surface area contributed by atoms with E-state index >= 15 is 0 Å². The molecule has 0 aromatic heterocycles. The normalized spacial score (nSPS) is 22.5. The third kappa shape index (κ3) is 3.63. The van der Waals surface area contributed by atoms with Crippen LogP contribution in [0.3, 0.4) is 0 Å². The van der Waals surface area contributed by atoms with Gasteiger partial charge in [-0.3, -0.25) is 4.79 Å². The molecule has 0 saturated heterocycles. The lowest BCUT2D eigenvalue weighted by Gasteiger charge is -2.18. The van der Waals surface area contributed by atoms with Crippen LogP contribution < -0.4 is 5.32 Å². The first-order valence-corrected chi connectivity index (χ1v) is 8.34. The minimum atomic E-state index is 0.0355. The Balaban J connectivity index is 1.96. The van der Waals surface area contributed by atoms with Crippen molar-refractivity contribution in [2.75, 3.05) is 12.4 Å². The molecule has 1 aromatic carbocycles. The van der Waals surface area contributed by atoms with Crippen LogP contribution in [0.5, 0.6) is 0 Å². The molecule has 1 aliphatic rings. The molecule has 0 spiro atoms. The molecule has 1 fully saturated rings. The molecule has 0 radical (unpaired) electrons. The van der Waals surface area contributed by atoms with Gasteiger partial charge in [0.25, 0.3) is 5.91 Å². The molecule has 4 heteroatoms. The van der Waals surface area contributed by atoms with E-state index in [2.05, 4.69) is 27.9 Å². The fourth-order valence-electron chi connectivity index (χ4n) is 2.73. The third-order valence-corrected chi connectivity index (χ3v) is 5.80. The highest BCUT2D eigenvalue weighted by atomic mass is 127. The van der Waals surface area contributed by atoms with Gasteiger partial charge in [0.1, 0.15) is 0 Å². The number of hydrogen-bond acceptors (Lipinski definition) is 1. The van der Waals surface area contributed by atoms with E-state index in [0.29, 0.717) is 17.7 Å². The molecule has 0 bridgehead atoms. The van der Waals surface area contributed by atoms with Crippen LogP contribution in [0.4, 0.5) is 0 Å². The van der Waals surface area contributed by atoms with Crippen molar-refractivity contribution in [1.29, 1.82) is 0 Å². The number of carbonyl (C=O) groups excluding carboxylic acids is 1. The summed E-state index contributed by atoms with van der Waals surface area (Å²) in [5.41, 5.74) is 1.92. The van der Waals surface area contributed by atoms with E-state index in [9.17, 15) is 4.79 Å². The fraction of sp³-hybridized carbons (Fsp3) is 0.533. The van der Waals surface area contributed by atoms with Crippen molar-refractivity contribution in [3.8, 4) is 0 Å². The first-order chi connectivity index (χ1) is 9.13. The zero-order valence-electron chi connectivity index (χ0n) is 11.1. The maximum Gasteiger partial charge on any atom is 0.252 e. The first-order valence-electron chi connectivity index (χ1n) is 6.72. The van der Waals surface area contributed by atoms with E-state index in [-0.39, 0.29) is 5.91 Å². The second-order valence-electron chi connectivity index (χ2n) is 5.25. The molecule has 2 nitrogen and oxygen atoms in total. The summed E-state index contributed by atoms with van der Waals surface area (Å²) in [7, 11) is 0. The summed E-state index contributed by atoms with van der Waals surface area (Å²) in [6.07, 6.45) is 3.62. The van der Waals surface area contributed by atoms with Crippen LogP contribution in [0.25, 0.3) is 0 Å². The van der Waals surface area contributed by atoms with Crippen molar-refractivity contribution in [2.45, 2.75) is 26.2 Å². The quantitative estimate of drug-likeness (QED) is 0.610. The largest absolute Gasteiger partial charge is 0.352 e. The van der Waals surface area contributed by atoms with E-state index in [1.807, 2.05) is 25.1 Å². The number of rotatable bonds is 4. The van der Waals surface area contributed by atoms with Crippen LogP contribution in [0, 0.1) is 22.3 Å². The molecule has 19 heavy (non-hydrogen) atoms. The fourth-order valence-corrected chi connectivity index (χ4v) is 3.74. The number of nitrogens with one attached hydrogen (secondary N) is 1. The number of hydrogen-bond donors (Lipinski definition) is 1. The van der Waals surface area contributed by atoms with Crippen LogP contribution in [-0.2, 0) is 0 Å². The number of aryl methyl sites for hydroxylation is 1. The van der Waals surface area contributed by atoms with Crippen molar-refractivity contribution in [3.05, 3.63) is 32.9 Å². The predicted octanol–water partition coefficient (Wildman–Crippen LogP) is 3.98. The average Bonchev–Trinajstić information content (AvgIpc) is 2.86. The summed E-state index contributed by atoms with van der Waals surface area (Å²) in [5.74, 6) is 1.86. The molecule has 1 N–H and O–H groups in total. The van der Waals surface area contributed by atoms with Crippen LogP contribution >= 0.6 is 34.2 Å². The lowest BCUT2D eigenvalue weighted by atomic mass is 9.98. The highest BCUT2D eigenvalue weighted by Gasteiger charge is 2.26. The van der Waals surface area contributed by atoms with Crippen molar-refractivity contribution < 1.29 is 4.79 Å². The van der Waals surface area contributed by atoms with Crippen molar-refractivity contribution in [1.82, 2.24) is 5.32 Å². The number of amides is 1. The number of alkyl halides is 1.